The molecule has 0 aliphatic carbocycles. The summed E-state index contributed by atoms with van der Waals surface area (Å²) in [4.78, 5) is 12.8. The molecule has 1 aliphatic heterocycles. The van der Waals surface area contributed by atoms with Crippen molar-refractivity contribution < 1.29 is 9.18 Å². The number of benzene rings is 1. The summed E-state index contributed by atoms with van der Waals surface area (Å²) in [6.07, 6.45) is 0.241. The Labute approximate surface area is 91.6 Å². The highest BCUT2D eigenvalue weighted by molar-refractivity contribution is 6.33. The molecular weight excluding hydrogens is 219 g/mol. The monoisotopic (exact) mass is 228 g/mol. The van der Waals surface area contributed by atoms with Crippen LogP contribution >= 0.6 is 11.6 Å². The van der Waals surface area contributed by atoms with Crippen molar-refractivity contribution in [3.63, 3.8) is 0 Å². The van der Waals surface area contributed by atoms with Crippen LogP contribution in [0.5, 0.6) is 0 Å². The van der Waals surface area contributed by atoms with Gasteiger partial charge in [0.15, 0.2) is 0 Å². The third kappa shape index (κ3) is 1.82. The van der Waals surface area contributed by atoms with Gasteiger partial charge in [-0.1, -0.05) is 17.7 Å². The Bertz CT molecular complexity index is 390. The first kappa shape index (κ1) is 10.4. The molecule has 0 saturated carbocycles. The highest BCUT2D eigenvalue weighted by atomic mass is 35.5. The quantitative estimate of drug-likeness (QED) is 0.793. The van der Waals surface area contributed by atoms with Gasteiger partial charge in [0.1, 0.15) is 5.82 Å². The summed E-state index contributed by atoms with van der Waals surface area (Å²) in [5.41, 5.74) is 5.76. The van der Waals surface area contributed by atoms with Crippen molar-refractivity contribution in [2.75, 3.05) is 11.4 Å². The van der Waals surface area contributed by atoms with Crippen LogP contribution in [-0.2, 0) is 4.79 Å². The SMILES string of the molecule is NC1CC(=O)N(c2c(F)cccc2Cl)C1. The average molecular weight is 229 g/mol. The van der Waals surface area contributed by atoms with Crippen LogP contribution in [-0.4, -0.2) is 18.5 Å². The van der Waals surface area contributed by atoms with Crippen molar-refractivity contribution >= 4 is 23.2 Å². The van der Waals surface area contributed by atoms with Crippen LogP contribution in [0.1, 0.15) is 6.42 Å². The zero-order valence-electron chi connectivity index (χ0n) is 7.91. The van der Waals surface area contributed by atoms with E-state index in [0.717, 1.165) is 0 Å². The van der Waals surface area contributed by atoms with E-state index in [1.807, 2.05) is 0 Å². The van der Waals surface area contributed by atoms with E-state index >= 15 is 0 Å². The molecule has 1 aromatic rings. The fourth-order valence-corrected chi connectivity index (χ4v) is 1.96. The van der Waals surface area contributed by atoms with Crippen molar-refractivity contribution in [1.82, 2.24) is 0 Å². The Morgan fingerprint density at radius 2 is 2.27 bits per heavy atom. The number of nitrogens with two attached hydrogens (primary N) is 1. The highest BCUT2D eigenvalue weighted by Crippen LogP contribution is 2.31. The molecule has 1 fully saturated rings. The van der Waals surface area contributed by atoms with Crippen LogP contribution in [0, 0.1) is 5.82 Å². The summed E-state index contributed by atoms with van der Waals surface area (Å²) in [5, 5.41) is 0.234. The fourth-order valence-electron chi connectivity index (χ4n) is 1.70. The van der Waals surface area contributed by atoms with Gasteiger partial charge in [0.2, 0.25) is 5.91 Å². The third-order valence-corrected chi connectivity index (χ3v) is 2.67. The van der Waals surface area contributed by atoms with Gasteiger partial charge < -0.3 is 10.6 Å². The maximum absolute atomic E-state index is 13.5. The van der Waals surface area contributed by atoms with E-state index in [1.165, 1.54) is 17.0 Å². The lowest BCUT2D eigenvalue weighted by Gasteiger charge is -2.18. The highest BCUT2D eigenvalue weighted by Gasteiger charge is 2.30. The summed E-state index contributed by atoms with van der Waals surface area (Å²) >= 11 is 5.85. The molecule has 0 spiro atoms. The lowest BCUT2D eigenvalue weighted by Crippen LogP contribution is -2.28. The van der Waals surface area contributed by atoms with E-state index in [2.05, 4.69) is 0 Å². The normalized spacial score (nSPS) is 21.1. The maximum Gasteiger partial charge on any atom is 0.228 e. The Morgan fingerprint density at radius 3 is 2.80 bits per heavy atom. The Morgan fingerprint density at radius 1 is 1.53 bits per heavy atom. The number of carbonyl (C=O) groups excluding carboxylic acids is 1. The molecule has 2 N–H and O–H groups in total. The lowest BCUT2D eigenvalue weighted by molar-refractivity contribution is -0.117. The minimum absolute atomic E-state index is 0.136. The summed E-state index contributed by atoms with van der Waals surface area (Å²) in [6.45, 7) is 0.319. The van der Waals surface area contributed by atoms with E-state index in [4.69, 9.17) is 17.3 Å². The zero-order valence-corrected chi connectivity index (χ0v) is 8.67. The van der Waals surface area contributed by atoms with Crippen LogP contribution in [0.4, 0.5) is 10.1 Å². The number of amides is 1. The number of hydrogen-bond donors (Lipinski definition) is 1. The first-order valence-corrected chi connectivity index (χ1v) is 4.97. The van der Waals surface area contributed by atoms with Gasteiger partial charge in [-0.25, -0.2) is 4.39 Å². The van der Waals surface area contributed by atoms with E-state index in [1.54, 1.807) is 6.07 Å². The number of rotatable bonds is 1. The number of nitrogens with zero attached hydrogens (tertiary/aromatic N) is 1. The second-order valence-electron chi connectivity index (χ2n) is 3.54. The second-order valence-corrected chi connectivity index (χ2v) is 3.95. The van der Waals surface area contributed by atoms with Crippen LogP contribution in [0.3, 0.4) is 0 Å². The second kappa shape index (κ2) is 3.79. The summed E-state index contributed by atoms with van der Waals surface area (Å²) in [7, 11) is 0. The lowest BCUT2D eigenvalue weighted by atomic mass is 10.3. The van der Waals surface area contributed by atoms with Crippen LogP contribution in [0.2, 0.25) is 5.02 Å². The molecule has 5 heteroatoms. The number of anilines is 1. The van der Waals surface area contributed by atoms with Crippen LogP contribution in [0.15, 0.2) is 18.2 Å². The minimum atomic E-state index is -0.495. The molecule has 80 valence electrons. The number of hydrogen-bond acceptors (Lipinski definition) is 2. The summed E-state index contributed by atoms with van der Waals surface area (Å²) < 4.78 is 13.5. The van der Waals surface area contributed by atoms with Crippen molar-refractivity contribution in [1.29, 1.82) is 0 Å². The fraction of sp³-hybridized carbons (Fsp3) is 0.300. The molecule has 15 heavy (non-hydrogen) atoms. The third-order valence-electron chi connectivity index (χ3n) is 2.36. The zero-order chi connectivity index (χ0) is 11.0. The summed E-state index contributed by atoms with van der Waals surface area (Å²) in [5.74, 6) is -0.681. The Kier molecular flexibility index (Phi) is 2.63. The molecule has 1 amide bonds. The first-order valence-electron chi connectivity index (χ1n) is 4.59. The van der Waals surface area contributed by atoms with E-state index in [-0.39, 0.29) is 29.1 Å². The molecular formula is C10H10ClFN2O. The standard InChI is InChI=1S/C10H10ClFN2O/c11-7-2-1-3-8(12)10(7)14-5-6(13)4-9(14)15/h1-3,6H,4-5,13H2. The van der Waals surface area contributed by atoms with Gasteiger partial charge in [0, 0.05) is 19.0 Å². The predicted molar refractivity (Wildman–Crippen MR) is 56.4 cm³/mol. The molecule has 1 atom stereocenters. The van der Waals surface area contributed by atoms with Gasteiger partial charge in [-0.2, -0.15) is 0 Å². The molecule has 0 bridgehead atoms. The number of carbonyl (C=O) groups is 1. The predicted octanol–water partition coefficient (Wildman–Crippen LogP) is 1.54. The molecule has 0 aromatic heterocycles. The molecule has 1 aliphatic rings. The molecule has 1 heterocycles. The Balaban J connectivity index is 2.41. The number of para-hydroxylation sites is 1. The molecule has 1 unspecified atom stereocenters. The van der Waals surface area contributed by atoms with Gasteiger partial charge in [-0.05, 0) is 12.1 Å². The largest absolute Gasteiger partial charge is 0.326 e. The van der Waals surface area contributed by atoms with E-state index in [9.17, 15) is 9.18 Å². The van der Waals surface area contributed by atoms with Gasteiger partial charge in [0.05, 0.1) is 10.7 Å². The first-order chi connectivity index (χ1) is 7.09. The van der Waals surface area contributed by atoms with Crippen molar-refractivity contribution in [3.05, 3.63) is 29.0 Å². The minimum Gasteiger partial charge on any atom is -0.326 e. The molecule has 1 aromatic carbocycles. The molecule has 0 radical (unpaired) electrons. The molecule has 2 rings (SSSR count). The van der Waals surface area contributed by atoms with Gasteiger partial charge in [0.25, 0.3) is 0 Å². The maximum atomic E-state index is 13.5. The topological polar surface area (TPSA) is 46.3 Å². The van der Waals surface area contributed by atoms with Crippen molar-refractivity contribution in [2.24, 2.45) is 5.73 Å². The van der Waals surface area contributed by atoms with Crippen LogP contribution < -0.4 is 10.6 Å². The smallest absolute Gasteiger partial charge is 0.228 e. The summed E-state index contributed by atoms with van der Waals surface area (Å²) in [6, 6.07) is 4.09. The van der Waals surface area contributed by atoms with Gasteiger partial charge in [-0.3, -0.25) is 4.79 Å². The van der Waals surface area contributed by atoms with Gasteiger partial charge in [-0.15, -0.1) is 0 Å². The van der Waals surface area contributed by atoms with Crippen molar-refractivity contribution in [2.45, 2.75) is 12.5 Å². The van der Waals surface area contributed by atoms with E-state index < -0.39 is 5.82 Å². The van der Waals surface area contributed by atoms with Gasteiger partial charge >= 0.3 is 0 Å². The van der Waals surface area contributed by atoms with Crippen LogP contribution in [0.25, 0.3) is 0 Å². The Hall–Kier alpha value is -1.13. The molecule has 1 saturated heterocycles. The average Bonchev–Trinajstić information content (AvgIpc) is 2.45. The molecule has 3 nitrogen and oxygen atoms in total. The van der Waals surface area contributed by atoms with E-state index in [0.29, 0.717) is 6.54 Å². The number of halogens is 2. The van der Waals surface area contributed by atoms with Crippen molar-refractivity contribution in [3.8, 4) is 0 Å².